The predicted molar refractivity (Wildman–Crippen MR) is 55.1 cm³/mol. The quantitative estimate of drug-likeness (QED) is 0.467. The topological polar surface area (TPSA) is 56.4 Å². The standard InChI is InChI=1S/C9H20N4/c1-8(9(10)11)13-5-3-4-12(2)6-7-13/h8H,3-7H2,1-2H3,(H3,10,11). The molecule has 3 N–H and O–H groups in total. The summed E-state index contributed by atoms with van der Waals surface area (Å²) in [6.45, 7) is 6.33. The first-order valence-electron chi connectivity index (χ1n) is 4.88. The molecule has 0 saturated carbocycles. The van der Waals surface area contributed by atoms with Gasteiger partial charge in [-0.25, -0.2) is 0 Å². The molecule has 1 rings (SSSR count). The molecule has 0 spiro atoms. The Morgan fingerprint density at radius 2 is 2.00 bits per heavy atom. The summed E-state index contributed by atoms with van der Waals surface area (Å²) < 4.78 is 0. The number of rotatable bonds is 2. The minimum absolute atomic E-state index is 0.103. The van der Waals surface area contributed by atoms with Crippen molar-refractivity contribution in [3.8, 4) is 0 Å². The highest BCUT2D eigenvalue weighted by Gasteiger charge is 2.18. The summed E-state index contributed by atoms with van der Waals surface area (Å²) in [5.74, 6) is 0.282. The summed E-state index contributed by atoms with van der Waals surface area (Å²) in [5.41, 5.74) is 5.48. The molecule has 1 fully saturated rings. The van der Waals surface area contributed by atoms with Gasteiger partial charge in [0, 0.05) is 19.6 Å². The Morgan fingerprint density at radius 1 is 1.31 bits per heavy atom. The molecule has 1 unspecified atom stereocenters. The summed E-state index contributed by atoms with van der Waals surface area (Å²) in [5, 5.41) is 7.38. The number of nitrogens with two attached hydrogens (primary N) is 1. The number of hydrogen-bond donors (Lipinski definition) is 2. The molecule has 76 valence electrons. The molecule has 4 heteroatoms. The van der Waals surface area contributed by atoms with Gasteiger partial charge in [0.1, 0.15) is 5.84 Å². The zero-order valence-electron chi connectivity index (χ0n) is 8.58. The second-order valence-electron chi connectivity index (χ2n) is 3.82. The molecule has 13 heavy (non-hydrogen) atoms. The Hall–Kier alpha value is -0.610. The predicted octanol–water partition coefficient (Wildman–Crippen LogP) is -0.0516. The van der Waals surface area contributed by atoms with E-state index in [4.69, 9.17) is 11.1 Å². The van der Waals surface area contributed by atoms with Gasteiger partial charge in [-0.1, -0.05) is 0 Å². The van der Waals surface area contributed by atoms with E-state index in [1.165, 1.54) is 6.42 Å². The molecule has 0 aliphatic carbocycles. The minimum atomic E-state index is 0.103. The maximum atomic E-state index is 7.38. The first kappa shape index (κ1) is 10.5. The number of nitrogens with zero attached hydrogens (tertiary/aromatic N) is 2. The lowest BCUT2D eigenvalue weighted by atomic mass is 10.2. The lowest BCUT2D eigenvalue weighted by Crippen LogP contribution is -2.43. The van der Waals surface area contributed by atoms with Gasteiger partial charge in [-0.3, -0.25) is 10.3 Å². The summed E-state index contributed by atoms with van der Waals surface area (Å²) >= 11 is 0. The van der Waals surface area contributed by atoms with E-state index in [-0.39, 0.29) is 11.9 Å². The van der Waals surface area contributed by atoms with E-state index in [1.54, 1.807) is 0 Å². The van der Waals surface area contributed by atoms with Crippen molar-refractivity contribution in [2.45, 2.75) is 19.4 Å². The Morgan fingerprint density at radius 3 is 2.62 bits per heavy atom. The van der Waals surface area contributed by atoms with Crippen LogP contribution in [0.1, 0.15) is 13.3 Å². The van der Waals surface area contributed by atoms with Crippen LogP contribution in [-0.4, -0.2) is 54.9 Å². The molecule has 0 radical (unpaired) electrons. The van der Waals surface area contributed by atoms with E-state index < -0.39 is 0 Å². The zero-order chi connectivity index (χ0) is 9.84. The fourth-order valence-corrected chi connectivity index (χ4v) is 1.65. The Kier molecular flexibility index (Phi) is 3.69. The molecule has 0 aromatic carbocycles. The fraction of sp³-hybridized carbons (Fsp3) is 0.889. The van der Waals surface area contributed by atoms with Gasteiger partial charge >= 0.3 is 0 Å². The van der Waals surface area contributed by atoms with E-state index >= 15 is 0 Å². The van der Waals surface area contributed by atoms with Crippen LogP contribution in [0.3, 0.4) is 0 Å². The second-order valence-corrected chi connectivity index (χ2v) is 3.82. The normalized spacial score (nSPS) is 23.8. The van der Waals surface area contributed by atoms with Crippen molar-refractivity contribution < 1.29 is 0 Å². The van der Waals surface area contributed by atoms with E-state index in [9.17, 15) is 0 Å². The highest BCUT2D eigenvalue weighted by atomic mass is 15.2. The summed E-state index contributed by atoms with van der Waals surface area (Å²) in [4.78, 5) is 4.61. The summed E-state index contributed by atoms with van der Waals surface area (Å²) in [6.07, 6.45) is 1.17. The van der Waals surface area contributed by atoms with Crippen molar-refractivity contribution >= 4 is 5.84 Å². The number of amidine groups is 1. The van der Waals surface area contributed by atoms with E-state index in [2.05, 4.69) is 16.8 Å². The van der Waals surface area contributed by atoms with Gasteiger partial charge in [-0.15, -0.1) is 0 Å². The van der Waals surface area contributed by atoms with Gasteiger partial charge in [0.05, 0.1) is 6.04 Å². The van der Waals surface area contributed by atoms with Crippen LogP contribution in [0.4, 0.5) is 0 Å². The van der Waals surface area contributed by atoms with E-state index in [0.717, 1.165) is 26.2 Å². The van der Waals surface area contributed by atoms with Crippen LogP contribution >= 0.6 is 0 Å². The molecular formula is C9H20N4. The van der Waals surface area contributed by atoms with Crippen molar-refractivity contribution in [1.82, 2.24) is 9.80 Å². The first-order valence-corrected chi connectivity index (χ1v) is 4.88. The van der Waals surface area contributed by atoms with Crippen LogP contribution < -0.4 is 5.73 Å². The third kappa shape index (κ3) is 2.97. The number of nitrogens with one attached hydrogen (secondary N) is 1. The van der Waals surface area contributed by atoms with Gasteiger partial charge < -0.3 is 10.6 Å². The van der Waals surface area contributed by atoms with Crippen LogP contribution in [0.15, 0.2) is 0 Å². The Labute approximate surface area is 80.2 Å². The molecule has 1 aliphatic rings. The van der Waals surface area contributed by atoms with Crippen LogP contribution in [0.5, 0.6) is 0 Å². The molecule has 0 bridgehead atoms. The van der Waals surface area contributed by atoms with E-state index in [0.29, 0.717) is 0 Å². The Bertz CT molecular complexity index is 180. The van der Waals surface area contributed by atoms with Crippen LogP contribution in [0, 0.1) is 5.41 Å². The fourth-order valence-electron chi connectivity index (χ4n) is 1.65. The minimum Gasteiger partial charge on any atom is -0.386 e. The average molecular weight is 184 g/mol. The smallest absolute Gasteiger partial charge is 0.108 e. The Balaban J connectivity index is 2.46. The van der Waals surface area contributed by atoms with Gasteiger partial charge in [0.25, 0.3) is 0 Å². The highest BCUT2D eigenvalue weighted by molar-refractivity contribution is 5.82. The lowest BCUT2D eigenvalue weighted by molar-refractivity contribution is 0.256. The van der Waals surface area contributed by atoms with Gasteiger partial charge in [-0.05, 0) is 26.9 Å². The average Bonchev–Trinajstić information content (AvgIpc) is 2.28. The molecule has 0 aromatic rings. The van der Waals surface area contributed by atoms with E-state index in [1.807, 2.05) is 6.92 Å². The molecule has 1 saturated heterocycles. The summed E-state index contributed by atoms with van der Waals surface area (Å²) in [6, 6.07) is 0.103. The van der Waals surface area contributed by atoms with Crippen molar-refractivity contribution in [2.24, 2.45) is 5.73 Å². The maximum absolute atomic E-state index is 7.38. The molecular weight excluding hydrogens is 164 g/mol. The van der Waals surface area contributed by atoms with Gasteiger partial charge in [0.2, 0.25) is 0 Å². The monoisotopic (exact) mass is 184 g/mol. The van der Waals surface area contributed by atoms with Crippen molar-refractivity contribution in [2.75, 3.05) is 33.2 Å². The zero-order valence-corrected chi connectivity index (χ0v) is 8.58. The highest BCUT2D eigenvalue weighted by Crippen LogP contribution is 2.05. The maximum Gasteiger partial charge on any atom is 0.108 e. The van der Waals surface area contributed by atoms with Crippen molar-refractivity contribution in [3.63, 3.8) is 0 Å². The first-order chi connectivity index (χ1) is 6.11. The van der Waals surface area contributed by atoms with Gasteiger partial charge in [-0.2, -0.15) is 0 Å². The van der Waals surface area contributed by atoms with Crippen molar-refractivity contribution in [3.05, 3.63) is 0 Å². The molecule has 1 aliphatic heterocycles. The second kappa shape index (κ2) is 4.58. The molecule has 0 amide bonds. The van der Waals surface area contributed by atoms with Crippen LogP contribution in [-0.2, 0) is 0 Å². The number of likely N-dealkylation sites (N-methyl/N-ethyl adjacent to an activating group) is 1. The third-order valence-electron chi connectivity index (χ3n) is 2.75. The number of hydrogen-bond acceptors (Lipinski definition) is 3. The molecule has 0 aromatic heterocycles. The van der Waals surface area contributed by atoms with Crippen LogP contribution in [0.2, 0.25) is 0 Å². The summed E-state index contributed by atoms with van der Waals surface area (Å²) in [7, 11) is 2.14. The molecule has 1 atom stereocenters. The van der Waals surface area contributed by atoms with Gasteiger partial charge in [0.15, 0.2) is 0 Å². The van der Waals surface area contributed by atoms with Crippen LogP contribution in [0.25, 0.3) is 0 Å². The third-order valence-corrected chi connectivity index (χ3v) is 2.75. The molecule has 1 heterocycles. The molecule has 4 nitrogen and oxygen atoms in total. The largest absolute Gasteiger partial charge is 0.386 e. The SMILES string of the molecule is CC(C(=N)N)N1CCCN(C)CC1. The van der Waals surface area contributed by atoms with Crippen molar-refractivity contribution in [1.29, 1.82) is 5.41 Å². The lowest BCUT2D eigenvalue weighted by Gasteiger charge is -2.26.